The zero-order chi connectivity index (χ0) is 15.2. The van der Waals surface area contributed by atoms with Crippen LogP contribution in [0.1, 0.15) is 11.1 Å². The van der Waals surface area contributed by atoms with E-state index in [1.54, 1.807) is 18.7 Å². The molecular weight excluding hydrogens is 276 g/mol. The van der Waals surface area contributed by atoms with Gasteiger partial charge in [0.1, 0.15) is 0 Å². The van der Waals surface area contributed by atoms with Crippen LogP contribution in [0.25, 0.3) is 11.1 Å². The maximum Gasteiger partial charge on any atom is 0.341 e. The Morgan fingerprint density at radius 1 is 1.05 bits per heavy atom. The van der Waals surface area contributed by atoms with Gasteiger partial charge in [-0.05, 0) is 11.1 Å². The van der Waals surface area contributed by atoms with Crippen molar-refractivity contribution in [2.24, 2.45) is 0 Å². The highest BCUT2D eigenvalue weighted by molar-refractivity contribution is 5.97. The maximum atomic E-state index is 12.9. The van der Waals surface area contributed by atoms with Crippen LogP contribution in [0, 0.1) is 0 Å². The molecule has 4 nitrogen and oxygen atoms in total. The molecule has 0 saturated carbocycles. The van der Waals surface area contributed by atoms with Crippen LogP contribution in [-0.2, 0) is 15.1 Å². The first kappa shape index (κ1) is 12.8. The van der Waals surface area contributed by atoms with Gasteiger partial charge in [-0.15, -0.1) is 0 Å². The lowest BCUT2D eigenvalue weighted by Gasteiger charge is -2.30. The summed E-state index contributed by atoms with van der Waals surface area (Å²) in [6.07, 6.45) is 5.14. The number of carbonyl (C=O) groups is 1. The number of methoxy groups -OCH3 is 1. The van der Waals surface area contributed by atoms with Crippen molar-refractivity contribution in [2.75, 3.05) is 7.11 Å². The summed E-state index contributed by atoms with van der Waals surface area (Å²) in [5.74, 6) is -0.317. The molecule has 2 aromatic carbocycles. The third-order valence-electron chi connectivity index (χ3n) is 4.30. The van der Waals surface area contributed by atoms with E-state index in [2.05, 4.69) is 4.98 Å². The van der Waals surface area contributed by atoms with Crippen LogP contribution in [0.15, 0.2) is 67.3 Å². The molecule has 1 aromatic heterocycles. The predicted octanol–water partition coefficient (Wildman–Crippen LogP) is 2.83. The summed E-state index contributed by atoms with van der Waals surface area (Å²) >= 11 is 0. The van der Waals surface area contributed by atoms with Gasteiger partial charge in [0.25, 0.3) is 0 Å². The van der Waals surface area contributed by atoms with Gasteiger partial charge in [0.2, 0.25) is 0 Å². The van der Waals surface area contributed by atoms with Gasteiger partial charge < -0.3 is 9.30 Å². The molecule has 4 heteroatoms. The highest BCUT2D eigenvalue weighted by Crippen LogP contribution is 2.50. The van der Waals surface area contributed by atoms with Crippen molar-refractivity contribution in [3.8, 4) is 11.1 Å². The Balaban J connectivity index is 2.17. The lowest BCUT2D eigenvalue weighted by molar-refractivity contribution is -0.146. The summed E-state index contributed by atoms with van der Waals surface area (Å²) < 4.78 is 7.01. The first-order valence-corrected chi connectivity index (χ1v) is 7.06. The van der Waals surface area contributed by atoms with E-state index in [1.165, 1.54) is 7.11 Å². The molecule has 0 fully saturated rings. The molecule has 0 aliphatic heterocycles. The Morgan fingerprint density at radius 3 is 2.14 bits per heavy atom. The minimum Gasteiger partial charge on any atom is -0.467 e. The van der Waals surface area contributed by atoms with Crippen molar-refractivity contribution in [3.05, 3.63) is 78.4 Å². The summed E-state index contributed by atoms with van der Waals surface area (Å²) in [6.45, 7) is 0. The fourth-order valence-corrected chi connectivity index (χ4v) is 3.42. The van der Waals surface area contributed by atoms with Crippen molar-refractivity contribution in [2.45, 2.75) is 5.54 Å². The van der Waals surface area contributed by atoms with Crippen LogP contribution in [-0.4, -0.2) is 22.6 Å². The van der Waals surface area contributed by atoms with Crippen LogP contribution >= 0.6 is 0 Å². The van der Waals surface area contributed by atoms with Gasteiger partial charge >= 0.3 is 5.97 Å². The quantitative estimate of drug-likeness (QED) is 0.682. The molecule has 3 aromatic rings. The van der Waals surface area contributed by atoms with Crippen LogP contribution < -0.4 is 0 Å². The molecule has 0 amide bonds. The number of rotatable bonds is 2. The standard InChI is InChI=1S/C18H14N2O2/c1-22-17(21)18(20-11-10-19-12-20)15-8-4-2-6-13(15)14-7-3-5-9-16(14)18/h2-12H,1H3. The fourth-order valence-electron chi connectivity index (χ4n) is 3.42. The summed E-state index contributed by atoms with van der Waals surface area (Å²) in [4.78, 5) is 17.0. The van der Waals surface area contributed by atoms with Crippen molar-refractivity contribution in [1.29, 1.82) is 0 Å². The number of carbonyl (C=O) groups excluding carboxylic acids is 1. The number of imidazole rings is 1. The van der Waals surface area contributed by atoms with Crippen LogP contribution in [0.5, 0.6) is 0 Å². The molecule has 0 saturated heterocycles. The molecule has 1 aliphatic rings. The van der Waals surface area contributed by atoms with Crippen LogP contribution in [0.2, 0.25) is 0 Å². The largest absolute Gasteiger partial charge is 0.467 e. The van der Waals surface area contributed by atoms with Gasteiger partial charge in [0.05, 0.1) is 13.4 Å². The topological polar surface area (TPSA) is 44.1 Å². The zero-order valence-electron chi connectivity index (χ0n) is 12.1. The smallest absolute Gasteiger partial charge is 0.341 e. The van der Waals surface area contributed by atoms with E-state index in [1.807, 2.05) is 53.1 Å². The molecule has 0 atom stereocenters. The molecule has 0 radical (unpaired) electrons. The van der Waals surface area contributed by atoms with Gasteiger partial charge in [-0.25, -0.2) is 9.78 Å². The Labute approximate surface area is 128 Å². The van der Waals surface area contributed by atoms with Crippen molar-refractivity contribution >= 4 is 5.97 Å². The van der Waals surface area contributed by atoms with Crippen molar-refractivity contribution < 1.29 is 9.53 Å². The van der Waals surface area contributed by atoms with E-state index in [4.69, 9.17) is 4.74 Å². The molecule has 0 spiro atoms. The van der Waals surface area contributed by atoms with Crippen LogP contribution in [0.3, 0.4) is 0 Å². The van der Waals surface area contributed by atoms with E-state index in [9.17, 15) is 4.79 Å². The summed E-state index contributed by atoms with van der Waals surface area (Å²) in [5.41, 5.74) is 2.93. The average molecular weight is 290 g/mol. The summed E-state index contributed by atoms with van der Waals surface area (Å²) in [6, 6.07) is 15.9. The van der Waals surface area contributed by atoms with Gasteiger partial charge in [0, 0.05) is 23.5 Å². The van der Waals surface area contributed by atoms with Gasteiger partial charge in [0.15, 0.2) is 5.54 Å². The molecule has 1 heterocycles. The lowest BCUT2D eigenvalue weighted by Crippen LogP contribution is -2.42. The number of esters is 1. The molecular formula is C18H14N2O2. The second-order valence-corrected chi connectivity index (χ2v) is 5.26. The molecule has 0 unspecified atom stereocenters. The third-order valence-corrected chi connectivity index (χ3v) is 4.30. The van der Waals surface area contributed by atoms with Crippen molar-refractivity contribution in [3.63, 3.8) is 0 Å². The monoisotopic (exact) mass is 290 g/mol. The first-order valence-electron chi connectivity index (χ1n) is 7.06. The Hall–Kier alpha value is -2.88. The minimum absolute atomic E-state index is 0.317. The molecule has 22 heavy (non-hydrogen) atoms. The Bertz CT molecular complexity index is 808. The highest BCUT2D eigenvalue weighted by Gasteiger charge is 2.51. The maximum absolute atomic E-state index is 12.9. The summed E-state index contributed by atoms with van der Waals surface area (Å²) in [5, 5.41) is 0. The van der Waals surface area contributed by atoms with Crippen LogP contribution in [0.4, 0.5) is 0 Å². The van der Waals surface area contributed by atoms with Gasteiger partial charge in [-0.2, -0.15) is 0 Å². The minimum atomic E-state index is -1.02. The third kappa shape index (κ3) is 1.41. The number of ether oxygens (including phenoxy) is 1. The number of nitrogens with zero attached hydrogens (tertiary/aromatic N) is 2. The molecule has 1 aliphatic carbocycles. The average Bonchev–Trinajstić information content (AvgIpc) is 3.19. The lowest BCUT2D eigenvalue weighted by atomic mass is 9.87. The SMILES string of the molecule is COC(=O)C1(n2ccnc2)c2ccccc2-c2ccccc21. The van der Waals surface area contributed by atoms with Gasteiger partial charge in [-0.3, -0.25) is 0 Å². The van der Waals surface area contributed by atoms with E-state index in [0.29, 0.717) is 0 Å². The van der Waals surface area contributed by atoms with Crippen molar-refractivity contribution in [1.82, 2.24) is 9.55 Å². The molecule has 108 valence electrons. The summed E-state index contributed by atoms with van der Waals surface area (Å²) in [7, 11) is 1.42. The highest BCUT2D eigenvalue weighted by atomic mass is 16.5. The molecule has 4 rings (SSSR count). The number of hydrogen-bond acceptors (Lipinski definition) is 3. The molecule has 0 bridgehead atoms. The second-order valence-electron chi connectivity index (χ2n) is 5.26. The normalized spacial score (nSPS) is 14.2. The Morgan fingerprint density at radius 2 is 1.64 bits per heavy atom. The number of aromatic nitrogens is 2. The van der Waals surface area contributed by atoms with Gasteiger partial charge in [-0.1, -0.05) is 48.5 Å². The van der Waals surface area contributed by atoms with E-state index in [-0.39, 0.29) is 5.97 Å². The molecule has 0 N–H and O–H groups in total. The predicted molar refractivity (Wildman–Crippen MR) is 82.3 cm³/mol. The van der Waals surface area contributed by atoms with E-state index >= 15 is 0 Å². The number of benzene rings is 2. The second kappa shape index (κ2) is 4.56. The Kier molecular flexibility index (Phi) is 2.66. The van der Waals surface area contributed by atoms with E-state index in [0.717, 1.165) is 22.3 Å². The van der Waals surface area contributed by atoms with E-state index < -0.39 is 5.54 Å². The fraction of sp³-hybridized carbons (Fsp3) is 0.111. The zero-order valence-corrected chi connectivity index (χ0v) is 12.1. The number of fused-ring (bicyclic) bond motifs is 3. The number of hydrogen-bond donors (Lipinski definition) is 0. The first-order chi connectivity index (χ1) is 10.8.